The maximum Gasteiger partial charge on any atom is 0.161 e. The minimum absolute atomic E-state index is 0.0231. The van der Waals surface area contributed by atoms with E-state index in [4.69, 9.17) is 16.3 Å². The number of hydrogen-bond donors (Lipinski definition) is 1. The fourth-order valence-electron chi connectivity index (χ4n) is 2.39. The van der Waals surface area contributed by atoms with Crippen LogP contribution in [0.4, 0.5) is 13.2 Å². The van der Waals surface area contributed by atoms with Crippen molar-refractivity contribution in [2.75, 3.05) is 0 Å². The number of aliphatic hydroxyl groups is 1. The van der Waals surface area contributed by atoms with Gasteiger partial charge in [0.2, 0.25) is 0 Å². The second kappa shape index (κ2) is 5.24. The average molecular weight is 315 g/mol. The second-order valence-electron chi connectivity index (χ2n) is 4.83. The summed E-state index contributed by atoms with van der Waals surface area (Å²) in [5.74, 6) is -3.00. The van der Waals surface area contributed by atoms with E-state index >= 15 is 0 Å². The van der Waals surface area contributed by atoms with Crippen molar-refractivity contribution in [2.24, 2.45) is 0 Å². The molecule has 2 nitrogen and oxygen atoms in total. The van der Waals surface area contributed by atoms with Crippen LogP contribution in [0.25, 0.3) is 0 Å². The zero-order valence-electron chi connectivity index (χ0n) is 10.6. The molecule has 0 bridgehead atoms. The van der Waals surface area contributed by atoms with Gasteiger partial charge in [-0.3, -0.25) is 0 Å². The first-order chi connectivity index (χ1) is 9.95. The lowest BCUT2D eigenvalue weighted by molar-refractivity contribution is 0.0638. The second-order valence-corrected chi connectivity index (χ2v) is 5.26. The van der Waals surface area contributed by atoms with E-state index in [1.54, 1.807) is 18.2 Å². The quantitative estimate of drug-likeness (QED) is 0.795. The van der Waals surface area contributed by atoms with Gasteiger partial charge in [-0.1, -0.05) is 11.6 Å². The predicted octanol–water partition coefficient (Wildman–Crippen LogP) is 4.31. The summed E-state index contributed by atoms with van der Waals surface area (Å²) in [4.78, 5) is 0. The first kappa shape index (κ1) is 14.2. The Morgan fingerprint density at radius 2 is 1.71 bits per heavy atom. The largest absolute Gasteiger partial charge is 0.485 e. The molecule has 0 radical (unpaired) electrons. The fourth-order valence-corrected chi connectivity index (χ4v) is 2.57. The number of benzene rings is 2. The van der Waals surface area contributed by atoms with Crippen LogP contribution in [0.2, 0.25) is 5.02 Å². The van der Waals surface area contributed by atoms with E-state index in [1.165, 1.54) is 0 Å². The van der Waals surface area contributed by atoms with Crippen LogP contribution in [-0.2, 0) is 0 Å². The van der Waals surface area contributed by atoms with Crippen molar-refractivity contribution in [1.82, 2.24) is 0 Å². The molecule has 21 heavy (non-hydrogen) atoms. The van der Waals surface area contributed by atoms with Crippen LogP contribution in [0, 0.1) is 17.5 Å². The lowest BCUT2D eigenvalue weighted by Gasteiger charge is -2.30. The smallest absolute Gasteiger partial charge is 0.161 e. The summed E-state index contributed by atoms with van der Waals surface area (Å²) in [6.07, 6.45) is -1.80. The Morgan fingerprint density at radius 3 is 2.48 bits per heavy atom. The molecule has 0 aliphatic carbocycles. The minimum atomic E-state index is -1.26. The summed E-state index contributed by atoms with van der Waals surface area (Å²) in [7, 11) is 0. The number of ether oxygens (including phenoxy) is 1. The molecule has 1 aliphatic rings. The molecular formula is C15H10ClF3O2. The third kappa shape index (κ3) is 2.59. The van der Waals surface area contributed by atoms with E-state index in [1.807, 2.05) is 0 Å². The molecule has 0 saturated heterocycles. The van der Waals surface area contributed by atoms with Crippen LogP contribution in [0.5, 0.6) is 5.75 Å². The van der Waals surface area contributed by atoms with Crippen molar-refractivity contribution in [1.29, 1.82) is 0 Å². The van der Waals surface area contributed by atoms with Gasteiger partial charge >= 0.3 is 0 Å². The molecule has 0 amide bonds. The summed E-state index contributed by atoms with van der Waals surface area (Å²) in [5.41, 5.74) is 0.357. The molecule has 0 fully saturated rings. The van der Waals surface area contributed by atoms with Gasteiger partial charge in [-0.2, -0.15) is 0 Å². The van der Waals surface area contributed by atoms with Crippen molar-refractivity contribution in [3.05, 3.63) is 63.9 Å². The first-order valence-electron chi connectivity index (χ1n) is 6.24. The van der Waals surface area contributed by atoms with E-state index in [9.17, 15) is 18.3 Å². The van der Waals surface area contributed by atoms with E-state index in [0.29, 0.717) is 22.4 Å². The van der Waals surface area contributed by atoms with Crippen LogP contribution < -0.4 is 4.74 Å². The summed E-state index contributed by atoms with van der Waals surface area (Å²) in [6.45, 7) is 0. The Labute approximate surface area is 123 Å². The SMILES string of the molecule is O[C@@H]1CC(c2cc(F)c(F)cc2F)Oc2ccc(Cl)cc21. The number of rotatable bonds is 1. The van der Waals surface area contributed by atoms with Crippen LogP contribution >= 0.6 is 11.6 Å². The highest BCUT2D eigenvalue weighted by Gasteiger charge is 2.30. The Balaban J connectivity index is 1.99. The summed E-state index contributed by atoms with van der Waals surface area (Å²) >= 11 is 5.84. The van der Waals surface area contributed by atoms with E-state index in [0.717, 1.165) is 6.07 Å². The number of hydrogen-bond acceptors (Lipinski definition) is 2. The fraction of sp³-hybridized carbons (Fsp3) is 0.200. The van der Waals surface area contributed by atoms with Gasteiger partial charge in [-0.25, -0.2) is 13.2 Å². The lowest BCUT2D eigenvalue weighted by Crippen LogP contribution is -2.20. The Morgan fingerprint density at radius 1 is 1.00 bits per heavy atom. The topological polar surface area (TPSA) is 29.5 Å². The molecule has 0 saturated carbocycles. The van der Waals surface area contributed by atoms with E-state index in [2.05, 4.69) is 0 Å². The van der Waals surface area contributed by atoms with Gasteiger partial charge in [-0.15, -0.1) is 0 Å². The van der Waals surface area contributed by atoms with Gasteiger partial charge in [0, 0.05) is 28.6 Å². The lowest BCUT2D eigenvalue weighted by atomic mass is 9.94. The summed E-state index contributed by atoms with van der Waals surface area (Å²) in [6, 6.07) is 5.89. The molecule has 1 aliphatic heterocycles. The standard InChI is InChI=1S/C15H10ClF3O2/c16-7-1-2-14-9(3-7)13(20)6-15(21-14)8-4-11(18)12(19)5-10(8)17/h1-5,13,15,20H,6H2/t13-,15?/m1/s1. The Kier molecular flexibility index (Phi) is 3.55. The molecule has 0 spiro atoms. The molecule has 2 aromatic rings. The van der Waals surface area contributed by atoms with Gasteiger partial charge in [0.05, 0.1) is 6.10 Å². The van der Waals surface area contributed by atoms with Crippen molar-refractivity contribution in [3.63, 3.8) is 0 Å². The van der Waals surface area contributed by atoms with Gasteiger partial charge in [-0.05, 0) is 24.3 Å². The van der Waals surface area contributed by atoms with Crippen molar-refractivity contribution >= 4 is 11.6 Å². The normalized spacial score (nSPS) is 20.8. The Bertz CT molecular complexity index is 706. The number of halogens is 4. The zero-order valence-corrected chi connectivity index (χ0v) is 11.4. The molecular weight excluding hydrogens is 305 g/mol. The highest BCUT2D eigenvalue weighted by atomic mass is 35.5. The van der Waals surface area contributed by atoms with Crippen LogP contribution in [0.3, 0.4) is 0 Å². The molecule has 2 atom stereocenters. The molecule has 110 valence electrons. The highest BCUT2D eigenvalue weighted by Crippen LogP contribution is 2.42. The predicted molar refractivity (Wildman–Crippen MR) is 70.7 cm³/mol. The summed E-state index contributed by atoms with van der Waals surface area (Å²) < 4.78 is 45.6. The average Bonchev–Trinajstić information content (AvgIpc) is 2.43. The van der Waals surface area contributed by atoms with Gasteiger partial charge < -0.3 is 9.84 Å². The maximum absolute atomic E-state index is 13.8. The third-order valence-electron chi connectivity index (χ3n) is 3.42. The highest BCUT2D eigenvalue weighted by molar-refractivity contribution is 6.30. The molecule has 2 aromatic carbocycles. The number of aliphatic hydroxyl groups excluding tert-OH is 1. The molecule has 3 rings (SSSR count). The number of fused-ring (bicyclic) bond motifs is 1. The van der Waals surface area contributed by atoms with Gasteiger partial charge in [0.15, 0.2) is 11.6 Å². The van der Waals surface area contributed by atoms with Crippen LogP contribution in [-0.4, -0.2) is 5.11 Å². The Hall–Kier alpha value is -1.72. The van der Waals surface area contributed by atoms with E-state index < -0.39 is 29.7 Å². The molecule has 1 heterocycles. The monoisotopic (exact) mass is 314 g/mol. The van der Waals surface area contributed by atoms with Crippen LogP contribution in [0.1, 0.15) is 29.8 Å². The van der Waals surface area contributed by atoms with Crippen molar-refractivity contribution < 1.29 is 23.0 Å². The molecule has 0 aromatic heterocycles. The molecule has 6 heteroatoms. The van der Waals surface area contributed by atoms with Gasteiger partial charge in [0.25, 0.3) is 0 Å². The third-order valence-corrected chi connectivity index (χ3v) is 3.66. The van der Waals surface area contributed by atoms with Crippen LogP contribution in [0.15, 0.2) is 30.3 Å². The van der Waals surface area contributed by atoms with Crippen molar-refractivity contribution in [2.45, 2.75) is 18.6 Å². The maximum atomic E-state index is 13.8. The zero-order chi connectivity index (χ0) is 15.1. The van der Waals surface area contributed by atoms with E-state index in [-0.39, 0.29) is 12.0 Å². The first-order valence-corrected chi connectivity index (χ1v) is 6.62. The molecule has 1 unspecified atom stereocenters. The summed E-state index contributed by atoms with van der Waals surface area (Å²) in [5, 5.41) is 10.5. The van der Waals surface area contributed by atoms with Crippen molar-refractivity contribution in [3.8, 4) is 5.75 Å². The molecule has 1 N–H and O–H groups in total. The minimum Gasteiger partial charge on any atom is -0.485 e. The van der Waals surface area contributed by atoms with Gasteiger partial charge in [0.1, 0.15) is 17.7 Å².